The quantitative estimate of drug-likeness (QED) is 0.545. The topological polar surface area (TPSA) is 119 Å². The van der Waals surface area contributed by atoms with Crippen LogP contribution in [-0.2, 0) is 16.8 Å². The van der Waals surface area contributed by atoms with E-state index >= 15 is 0 Å². The normalized spacial score (nSPS) is 21.8. The smallest absolute Gasteiger partial charge is 0.277 e. The lowest BCUT2D eigenvalue weighted by atomic mass is 9.92. The van der Waals surface area contributed by atoms with Crippen LogP contribution in [0.2, 0.25) is 0 Å². The van der Waals surface area contributed by atoms with Crippen LogP contribution in [0.4, 0.5) is 0 Å². The first kappa shape index (κ1) is 19.7. The number of hydrogen-bond acceptors (Lipinski definition) is 8. The van der Waals surface area contributed by atoms with Crippen LogP contribution < -0.4 is 14.9 Å². The Bertz CT molecular complexity index is 1310. The van der Waals surface area contributed by atoms with Gasteiger partial charge in [-0.05, 0) is 44.4 Å². The third kappa shape index (κ3) is 2.79. The summed E-state index contributed by atoms with van der Waals surface area (Å²) in [5.74, 6) is 0.156. The Kier molecular flexibility index (Phi) is 4.06. The van der Waals surface area contributed by atoms with Crippen molar-refractivity contribution >= 4 is 21.9 Å². The van der Waals surface area contributed by atoms with Crippen LogP contribution in [0.1, 0.15) is 31.4 Å². The highest BCUT2D eigenvalue weighted by atomic mass is 16.7. The molecular weight excluding hydrogens is 404 g/mol. The van der Waals surface area contributed by atoms with Crippen LogP contribution in [0.25, 0.3) is 21.9 Å². The molecule has 0 amide bonds. The summed E-state index contributed by atoms with van der Waals surface area (Å²) in [7, 11) is 1.38. The van der Waals surface area contributed by atoms with Gasteiger partial charge in [0, 0.05) is 6.07 Å². The van der Waals surface area contributed by atoms with E-state index in [0.29, 0.717) is 18.4 Å². The molecule has 0 unspecified atom stereocenters. The maximum atomic E-state index is 13.5. The fourth-order valence-corrected chi connectivity index (χ4v) is 4.24. The van der Waals surface area contributed by atoms with Crippen LogP contribution in [0.5, 0.6) is 17.2 Å². The fraction of sp³-hybridized carbons (Fsp3) is 0.348. The summed E-state index contributed by atoms with van der Waals surface area (Å²) in [6.07, 6.45) is 2.65. The van der Waals surface area contributed by atoms with Crippen molar-refractivity contribution in [2.24, 2.45) is 0 Å². The number of aliphatic hydroxyl groups is 2. The molecule has 3 aromatic rings. The number of aromatic hydroxyl groups is 1. The first-order valence-corrected chi connectivity index (χ1v) is 9.91. The van der Waals surface area contributed by atoms with Gasteiger partial charge in [0.05, 0.1) is 24.5 Å². The summed E-state index contributed by atoms with van der Waals surface area (Å²) in [5.41, 5.74) is -1.63. The van der Waals surface area contributed by atoms with Crippen molar-refractivity contribution in [3.8, 4) is 17.2 Å². The van der Waals surface area contributed by atoms with Crippen molar-refractivity contribution in [2.75, 3.05) is 7.11 Å². The molecule has 2 aliphatic heterocycles. The van der Waals surface area contributed by atoms with Gasteiger partial charge in [0.2, 0.25) is 5.43 Å². The zero-order valence-corrected chi connectivity index (χ0v) is 17.3. The summed E-state index contributed by atoms with van der Waals surface area (Å²) < 4.78 is 22.7. The molecule has 0 saturated carbocycles. The number of ether oxygens (including phenoxy) is 3. The molecule has 0 saturated heterocycles. The maximum Gasteiger partial charge on any atom is 0.277 e. The summed E-state index contributed by atoms with van der Waals surface area (Å²) >= 11 is 0. The van der Waals surface area contributed by atoms with E-state index in [9.17, 15) is 20.1 Å². The van der Waals surface area contributed by atoms with Crippen LogP contribution in [0.15, 0.2) is 39.7 Å². The molecule has 2 aliphatic rings. The van der Waals surface area contributed by atoms with Crippen molar-refractivity contribution in [2.45, 2.75) is 44.2 Å². The molecule has 8 heteroatoms. The number of phenols is 1. The Balaban J connectivity index is 1.82. The van der Waals surface area contributed by atoms with E-state index < -0.39 is 22.9 Å². The third-order valence-corrected chi connectivity index (χ3v) is 5.82. The molecule has 1 aromatic heterocycles. The number of hydrogen-bond donors (Lipinski definition) is 3. The van der Waals surface area contributed by atoms with Crippen LogP contribution in [0, 0.1) is 0 Å². The first-order valence-electron chi connectivity index (χ1n) is 9.91. The minimum Gasteiger partial charge on any atom is -0.507 e. The number of benzene rings is 2. The minimum absolute atomic E-state index is 0.0136. The predicted octanol–water partition coefficient (Wildman–Crippen LogP) is 2.81. The highest BCUT2D eigenvalue weighted by molar-refractivity contribution is 5.98. The monoisotopic (exact) mass is 426 g/mol. The second-order valence-electron chi connectivity index (χ2n) is 8.56. The molecular formula is C23H22O8. The van der Waals surface area contributed by atoms with Gasteiger partial charge >= 0.3 is 0 Å². The van der Waals surface area contributed by atoms with Crippen LogP contribution in [0.3, 0.4) is 0 Å². The Morgan fingerprint density at radius 2 is 2.03 bits per heavy atom. The van der Waals surface area contributed by atoms with Gasteiger partial charge in [0.1, 0.15) is 39.2 Å². The van der Waals surface area contributed by atoms with Crippen LogP contribution in [-0.4, -0.2) is 34.3 Å². The molecule has 2 aromatic carbocycles. The molecule has 8 nitrogen and oxygen atoms in total. The second-order valence-corrected chi connectivity index (χ2v) is 8.56. The molecule has 31 heavy (non-hydrogen) atoms. The van der Waals surface area contributed by atoms with E-state index in [1.165, 1.54) is 31.6 Å². The summed E-state index contributed by atoms with van der Waals surface area (Å²) in [5, 5.41) is 31.7. The Morgan fingerprint density at radius 1 is 1.26 bits per heavy atom. The van der Waals surface area contributed by atoms with Crippen molar-refractivity contribution in [1.82, 2.24) is 0 Å². The third-order valence-electron chi connectivity index (χ3n) is 5.82. The molecule has 3 N–H and O–H groups in total. The molecule has 0 radical (unpaired) electrons. The number of phenolic OH excluding ortho intramolecular Hbond substituents is 1. The van der Waals surface area contributed by atoms with Gasteiger partial charge in [-0.3, -0.25) is 4.79 Å². The van der Waals surface area contributed by atoms with Crippen molar-refractivity contribution < 1.29 is 33.9 Å². The van der Waals surface area contributed by atoms with E-state index in [-0.39, 0.29) is 44.8 Å². The highest BCUT2D eigenvalue weighted by Crippen LogP contribution is 2.52. The lowest BCUT2D eigenvalue weighted by Crippen LogP contribution is -2.33. The summed E-state index contributed by atoms with van der Waals surface area (Å²) in [4.78, 5) is 13.5. The van der Waals surface area contributed by atoms with Crippen LogP contribution >= 0.6 is 0 Å². The van der Waals surface area contributed by atoms with E-state index in [1.54, 1.807) is 19.9 Å². The SMILES string of the molecule is COc1c2c(cc3oc4c(CCC(C)(C)O)ccc(O)c4c(=O)c13)O[C@@H]1OC=C[C@]21O. The number of methoxy groups -OCH3 is 1. The number of rotatable bonds is 4. The molecule has 0 fully saturated rings. The Morgan fingerprint density at radius 3 is 2.74 bits per heavy atom. The number of aryl methyl sites for hydroxylation is 1. The van der Waals surface area contributed by atoms with Gasteiger partial charge in [-0.1, -0.05) is 6.07 Å². The largest absolute Gasteiger partial charge is 0.507 e. The molecule has 162 valence electrons. The highest BCUT2D eigenvalue weighted by Gasteiger charge is 2.53. The van der Waals surface area contributed by atoms with E-state index in [1.807, 2.05) is 0 Å². The van der Waals surface area contributed by atoms with Gasteiger partial charge in [-0.15, -0.1) is 0 Å². The predicted molar refractivity (Wildman–Crippen MR) is 111 cm³/mol. The van der Waals surface area contributed by atoms with Gasteiger partial charge in [-0.25, -0.2) is 0 Å². The average Bonchev–Trinajstić information content (AvgIpc) is 3.18. The standard InChI is InChI=1S/C23H22O8/c1-22(2,26)7-6-11-4-5-12(24)15-18(25)16-13(30-19(11)15)10-14-17(20(16)28-3)23(27)8-9-29-21(23)31-14/h4-5,8-10,21,24,26-27H,6-7H2,1-3H3/t21-,23-/m0/s1. The number of fused-ring (bicyclic) bond motifs is 5. The average molecular weight is 426 g/mol. The molecule has 3 heterocycles. The fourth-order valence-electron chi connectivity index (χ4n) is 4.24. The zero-order chi connectivity index (χ0) is 22.1. The second kappa shape index (κ2) is 6.38. The zero-order valence-electron chi connectivity index (χ0n) is 17.3. The molecule has 2 atom stereocenters. The van der Waals surface area contributed by atoms with Gasteiger partial charge in [-0.2, -0.15) is 0 Å². The lowest BCUT2D eigenvalue weighted by molar-refractivity contribution is -0.110. The Hall–Kier alpha value is -3.23. The van der Waals surface area contributed by atoms with Gasteiger partial charge in [0.25, 0.3) is 6.29 Å². The summed E-state index contributed by atoms with van der Waals surface area (Å²) in [6.45, 7) is 3.40. The molecule has 0 bridgehead atoms. The van der Waals surface area contributed by atoms with Gasteiger partial charge < -0.3 is 33.9 Å². The first-order chi connectivity index (χ1) is 14.6. The summed E-state index contributed by atoms with van der Waals surface area (Å²) in [6, 6.07) is 4.63. The maximum absolute atomic E-state index is 13.5. The van der Waals surface area contributed by atoms with Crippen molar-refractivity contribution in [3.63, 3.8) is 0 Å². The van der Waals surface area contributed by atoms with Gasteiger partial charge in [0.15, 0.2) is 5.60 Å². The minimum atomic E-state index is -1.60. The van der Waals surface area contributed by atoms with E-state index in [2.05, 4.69) is 0 Å². The van der Waals surface area contributed by atoms with Crippen molar-refractivity contribution in [1.29, 1.82) is 0 Å². The lowest BCUT2D eigenvalue weighted by Gasteiger charge is -2.20. The van der Waals surface area contributed by atoms with Crippen molar-refractivity contribution in [3.05, 3.63) is 51.9 Å². The molecule has 0 aliphatic carbocycles. The van der Waals surface area contributed by atoms with E-state index in [4.69, 9.17) is 18.6 Å². The van der Waals surface area contributed by atoms with E-state index in [0.717, 1.165) is 0 Å². The molecule has 0 spiro atoms. The Labute approximate surface area is 176 Å². The molecule has 5 rings (SSSR count).